The number of likely N-dealkylation sites (N-methyl/N-ethyl adjacent to an activating group) is 1. The minimum atomic E-state index is -0.543. The largest absolute Gasteiger partial charge is 0.399 e. The van der Waals surface area contributed by atoms with Crippen molar-refractivity contribution in [1.29, 1.82) is 0 Å². The van der Waals surface area contributed by atoms with Gasteiger partial charge in [-0.1, -0.05) is 6.92 Å². The highest BCUT2D eigenvalue weighted by molar-refractivity contribution is 5.99. The Morgan fingerprint density at radius 2 is 2.19 bits per heavy atom. The van der Waals surface area contributed by atoms with Gasteiger partial charge in [-0.2, -0.15) is 0 Å². The lowest BCUT2D eigenvalue weighted by Crippen LogP contribution is -2.53. The van der Waals surface area contributed by atoms with Gasteiger partial charge in [0.25, 0.3) is 11.6 Å². The van der Waals surface area contributed by atoms with E-state index in [0.717, 1.165) is 13.1 Å². The summed E-state index contributed by atoms with van der Waals surface area (Å²) in [6, 6.07) is 4.35. The molecule has 1 unspecified atom stereocenters. The van der Waals surface area contributed by atoms with Crippen molar-refractivity contribution in [2.75, 3.05) is 31.9 Å². The Labute approximate surface area is 123 Å². The monoisotopic (exact) mass is 292 g/mol. The van der Waals surface area contributed by atoms with Crippen LogP contribution in [0.4, 0.5) is 11.4 Å². The number of nitro groups is 1. The van der Waals surface area contributed by atoms with Crippen LogP contribution in [-0.4, -0.2) is 52.9 Å². The molecule has 2 N–H and O–H groups in total. The smallest absolute Gasteiger partial charge is 0.282 e. The molecule has 1 aliphatic heterocycles. The number of nitro benzene ring substituents is 1. The molecule has 1 heterocycles. The van der Waals surface area contributed by atoms with Gasteiger partial charge in [-0.15, -0.1) is 0 Å². The Balaban J connectivity index is 2.25. The zero-order valence-electron chi connectivity index (χ0n) is 12.3. The summed E-state index contributed by atoms with van der Waals surface area (Å²) in [6.07, 6.45) is 0. The molecule has 0 spiro atoms. The SMILES string of the molecule is CCN1CCN(C(=O)c2cc(N)ccc2[N+](=O)[O-])CC1C. The lowest BCUT2D eigenvalue weighted by molar-refractivity contribution is -0.385. The van der Waals surface area contributed by atoms with Crippen LogP contribution < -0.4 is 5.73 Å². The van der Waals surface area contributed by atoms with Crippen molar-refractivity contribution >= 4 is 17.3 Å². The Hall–Kier alpha value is -2.15. The predicted octanol–water partition coefficient (Wildman–Crippen LogP) is 1.34. The maximum atomic E-state index is 12.6. The van der Waals surface area contributed by atoms with E-state index in [1.54, 1.807) is 4.90 Å². The summed E-state index contributed by atoms with van der Waals surface area (Å²) in [6.45, 7) is 6.98. The summed E-state index contributed by atoms with van der Waals surface area (Å²) in [5.74, 6) is -0.323. The Kier molecular flexibility index (Phi) is 4.42. The van der Waals surface area contributed by atoms with E-state index in [4.69, 9.17) is 5.73 Å². The highest BCUT2D eigenvalue weighted by Gasteiger charge is 2.30. The Morgan fingerprint density at radius 3 is 2.76 bits per heavy atom. The van der Waals surface area contributed by atoms with E-state index in [1.807, 2.05) is 0 Å². The molecule has 1 aliphatic rings. The average Bonchev–Trinajstić information content (AvgIpc) is 2.45. The summed E-state index contributed by atoms with van der Waals surface area (Å²) in [4.78, 5) is 27.0. The van der Waals surface area contributed by atoms with Crippen LogP contribution >= 0.6 is 0 Å². The van der Waals surface area contributed by atoms with Gasteiger partial charge in [0, 0.05) is 37.4 Å². The molecule has 0 aromatic heterocycles. The molecular formula is C14H20N4O3. The number of rotatable bonds is 3. The van der Waals surface area contributed by atoms with Crippen molar-refractivity contribution in [3.05, 3.63) is 33.9 Å². The molecule has 2 rings (SSSR count). The topological polar surface area (TPSA) is 92.7 Å². The molecule has 0 saturated carbocycles. The number of hydrogen-bond donors (Lipinski definition) is 1. The van der Waals surface area contributed by atoms with Gasteiger partial charge in [0.05, 0.1) is 4.92 Å². The van der Waals surface area contributed by atoms with Gasteiger partial charge in [-0.3, -0.25) is 19.8 Å². The molecule has 7 heteroatoms. The second-order valence-electron chi connectivity index (χ2n) is 5.26. The van der Waals surface area contributed by atoms with Gasteiger partial charge < -0.3 is 10.6 Å². The average molecular weight is 292 g/mol. The van der Waals surface area contributed by atoms with E-state index < -0.39 is 4.92 Å². The number of nitrogens with two attached hydrogens (primary N) is 1. The highest BCUT2D eigenvalue weighted by Crippen LogP contribution is 2.24. The molecule has 1 aromatic rings. The lowest BCUT2D eigenvalue weighted by Gasteiger charge is -2.39. The first-order chi connectivity index (χ1) is 9.93. The summed E-state index contributed by atoms with van der Waals surface area (Å²) in [7, 11) is 0. The predicted molar refractivity (Wildman–Crippen MR) is 80.1 cm³/mol. The number of hydrogen-bond acceptors (Lipinski definition) is 5. The normalized spacial score (nSPS) is 19.5. The van der Waals surface area contributed by atoms with Crippen LogP contribution in [0.25, 0.3) is 0 Å². The van der Waals surface area contributed by atoms with Crippen molar-refractivity contribution in [1.82, 2.24) is 9.80 Å². The molecule has 1 atom stereocenters. The molecule has 21 heavy (non-hydrogen) atoms. The third kappa shape index (κ3) is 3.13. The molecule has 1 saturated heterocycles. The minimum Gasteiger partial charge on any atom is -0.399 e. The van der Waals surface area contributed by atoms with Crippen molar-refractivity contribution in [3.8, 4) is 0 Å². The molecule has 7 nitrogen and oxygen atoms in total. The summed E-state index contributed by atoms with van der Waals surface area (Å²) >= 11 is 0. The number of nitrogen functional groups attached to an aromatic ring is 1. The molecule has 0 radical (unpaired) electrons. The minimum absolute atomic E-state index is 0.0668. The van der Waals surface area contributed by atoms with E-state index >= 15 is 0 Å². The second-order valence-corrected chi connectivity index (χ2v) is 5.26. The van der Waals surface area contributed by atoms with Crippen molar-refractivity contribution in [2.45, 2.75) is 19.9 Å². The van der Waals surface area contributed by atoms with Gasteiger partial charge in [0.2, 0.25) is 0 Å². The highest BCUT2D eigenvalue weighted by atomic mass is 16.6. The number of piperazine rings is 1. The first-order valence-corrected chi connectivity index (χ1v) is 7.01. The van der Waals surface area contributed by atoms with E-state index in [0.29, 0.717) is 18.8 Å². The van der Waals surface area contributed by atoms with E-state index in [-0.39, 0.29) is 23.2 Å². The van der Waals surface area contributed by atoms with Crippen LogP contribution in [0.15, 0.2) is 18.2 Å². The van der Waals surface area contributed by atoms with Crippen LogP contribution in [0.5, 0.6) is 0 Å². The molecule has 1 aromatic carbocycles. The third-order valence-corrected chi connectivity index (χ3v) is 3.91. The van der Waals surface area contributed by atoms with Crippen LogP contribution in [0.2, 0.25) is 0 Å². The first-order valence-electron chi connectivity index (χ1n) is 7.01. The summed E-state index contributed by atoms with van der Waals surface area (Å²) < 4.78 is 0. The van der Waals surface area contributed by atoms with Gasteiger partial charge in [-0.25, -0.2) is 0 Å². The van der Waals surface area contributed by atoms with Crippen LogP contribution in [0, 0.1) is 10.1 Å². The van der Waals surface area contributed by atoms with E-state index in [2.05, 4.69) is 18.7 Å². The molecule has 1 fully saturated rings. The number of nitrogens with zero attached hydrogens (tertiary/aromatic N) is 3. The van der Waals surface area contributed by atoms with Gasteiger partial charge >= 0.3 is 0 Å². The lowest BCUT2D eigenvalue weighted by atomic mass is 10.1. The maximum Gasteiger partial charge on any atom is 0.282 e. The van der Waals surface area contributed by atoms with Crippen LogP contribution in [-0.2, 0) is 0 Å². The molecule has 0 aliphatic carbocycles. The fraction of sp³-hybridized carbons (Fsp3) is 0.500. The molecule has 0 bridgehead atoms. The number of benzene rings is 1. The Bertz CT molecular complexity index is 561. The summed E-state index contributed by atoms with van der Waals surface area (Å²) in [5, 5.41) is 11.1. The van der Waals surface area contributed by atoms with Crippen LogP contribution in [0.1, 0.15) is 24.2 Å². The molecule has 1 amide bonds. The van der Waals surface area contributed by atoms with Gasteiger partial charge in [-0.05, 0) is 25.6 Å². The first kappa shape index (κ1) is 15.2. The Morgan fingerprint density at radius 1 is 1.48 bits per heavy atom. The van der Waals surface area contributed by atoms with Crippen molar-refractivity contribution in [3.63, 3.8) is 0 Å². The fourth-order valence-corrected chi connectivity index (χ4v) is 2.70. The van der Waals surface area contributed by atoms with Gasteiger partial charge in [0.15, 0.2) is 0 Å². The number of anilines is 1. The van der Waals surface area contributed by atoms with E-state index in [9.17, 15) is 14.9 Å². The standard InChI is InChI=1S/C14H20N4O3/c1-3-16-6-7-17(9-10(16)2)14(19)12-8-11(15)4-5-13(12)18(20)21/h4-5,8,10H,3,6-7,9,15H2,1-2H3. The second kappa shape index (κ2) is 6.09. The maximum absolute atomic E-state index is 12.6. The quantitative estimate of drug-likeness (QED) is 0.515. The fourth-order valence-electron chi connectivity index (χ4n) is 2.70. The van der Waals surface area contributed by atoms with Crippen LogP contribution in [0.3, 0.4) is 0 Å². The molecule has 114 valence electrons. The number of carbonyl (C=O) groups is 1. The zero-order valence-corrected chi connectivity index (χ0v) is 12.3. The van der Waals surface area contributed by atoms with Crippen molar-refractivity contribution in [2.24, 2.45) is 0 Å². The van der Waals surface area contributed by atoms with Crippen molar-refractivity contribution < 1.29 is 9.72 Å². The zero-order chi connectivity index (χ0) is 15.6. The molecular weight excluding hydrogens is 272 g/mol. The van der Waals surface area contributed by atoms with Gasteiger partial charge in [0.1, 0.15) is 5.56 Å². The number of amides is 1. The van der Waals surface area contributed by atoms with E-state index in [1.165, 1.54) is 18.2 Å². The third-order valence-electron chi connectivity index (χ3n) is 3.91. The number of carbonyl (C=O) groups excluding carboxylic acids is 1. The summed E-state index contributed by atoms with van der Waals surface area (Å²) in [5.41, 5.74) is 5.89.